The fourth-order valence-electron chi connectivity index (χ4n) is 9.29. The first-order valence-electron chi connectivity index (χ1n) is 22.4. The van der Waals surface area contributed by atoms with E-state index in [4.69, 9.17) is 0 Å². The lowest BCUT2D eigenvalue weighted by molar-refractivity contribution is -0.135. The van der Waals surface area contributed by atoms with Crippen LogP contribution in [-0.2, 0) is 24.6 Å². The van der Waals surface area contributed by atoms with E-state index < -0.39 is 35.7 Å². The van der Waals surface area contributed by atoms with Gasteiger partial charge in [0.2, 0.25) is 0 Å². The molecule has 7 rings (SSSR count). The molecule has 2 aliphatic heterocycles. The first kappa shape index (κ1) is 45.6. The van der Waals surface area contributed by atoms with Gasteiger partial charge in [0.05, 0.1) is 0 Å². The number of likely N-dealkylation sites (N-methyl/N-ethyl adjacent to an activating group) is 4. The van der Waals surface area contributed by atoms with Crippen LogP contribution in [0.25, 0.3) is 44.2 Å². The number of nitrogens with zero attached hydrogens (tertiary/aromatic N) is 4. The molecule has 0 N–H and O–H groups in total. The number of fused-ring (bicyclic) bond motifs is 3. The number of hydrogen-bond donors (Lipinski definition) is 0. The molecular formula is C51H58N4O6S2. The van der Waals surface area contributed by atoms with Gasteiger partial charge < -0.3 is 0 Å². The second kappa shape index (κ2) is 19.5. The van der Waals surface area contributed by atoms with E-state index in [9.17, 15) is 28.8 Å². The van der Waals surface area contributed by atoms with Crippen molar-refractivity contribution < 1.29 is 28.8 Å². The van der Waals surface area contributed by atoms with Gasteiger partial charge in [-0.2, -0.15) is 0 Å². The highest BCUT2D eigenvalue weighted by atomic mass is 32.1. The molecule has 0 unspecified atom stereocenters. The first-order chi connectivity index (χ1) is 30.3. The summed E-state index contributed by atoms with van der Waals surface area (Å²) in [6.07, 6.45) is 19.7. The second-order valence-electron chi connectivity index (χ2n) is 17.2. The van der Waals surface area contributed by atoms with Crippen LogP contribution in [0.5, 0.6) is 0 Å². The minimum Gasteiger partial charge on any atom is -0.268 e. The van der Waals surface area contributed by atoms with Crippen molar-refractivity contribution in [1.82, 2.24) is 19.6 Å². The van der Waals surface area contributed by atoms with E-state index in [-0.39, 0.29) is 16.6 Å². The van der Waals surface area contributed by atoms with Crippen molar-refractivity contribution in [3.8, 4) is 32.0 Å². The molecule has 1 aliphatic carbocycles. The smallest absolute Gasteiger partial charge is 0.268 e. The Balaban J connectivity index is 1.27. The number of benzene rings is 2. The van der Waals surface area contributed by atoms with Gasteiger partial charge in [0.1, 0.15) is 11.1 Å². The molecule has 4 aromatic rings. The van der Waals surface area contributed by atoms with Crippen molar-refractivity contribution in [2.75, 3.05) is 28.2 Å². The van der Waals surface area contributed by atoms with Crippen molar-refractivity contribution in [2.45, 2.75) is 109 Å². The molecule has 12 heteroatoms. The molecule has 63 heavy (non-hydrogen) atoms. The number of hydrogen-bond acceptors (Lipinski definition) is 8. The zero-order valence-corrected chi connectivity index (χ0v) is 39.0. The minimum atomic E-state index is -0.644. The lowest BCUT2D eigenvalue weighted by atomic mass is 9.70. The van der Waals surface area contributed by atoms with Gasteiger partial charge in [-0.3, -0.25) is 38.8 Å². The van der Waals surface area contributed by atoms with E-state index in [0.29, 0.717) is 0 Å². The molecule has 0 spiro atoms. The van der Waals surface area contributed by atoms with Gasteiger partial charge in [0, 0.05) is 53.1 Å². The standard InChI is InChI=1S/C51H58N4O6S2/c1-7-9-11-13-15-17-27-51(28-18-16-14-12-10-8-2)41-29-33(43-25-21-35(62-43)31-39-45(56)52(3)49(60)53(4)46(39)57)19-23-37(41)38-24-20-34(30-42(38)51)44-26-22-36(63-44)32-40-47(58)54(5)50(61)55(6)48(40)59/h19-26,29-32H,7-18,27-28H2,1-6H3. The SMILES string of the molecule is CCCCCCCCC1(CCCCCCCC)c2cc(-c3ccc(C=C4C(=O)N(C)C(=O)N(C)C4=O)s3)ccc2-c2ccc(-c3ccc(C=C4C(=O)N(C)C(=O)N(C)C4=O)s3)cc21. The van der Waals surface area contributed by atoms with Gasteiger partial charge >= 0.3 is 12.1 Å². The lowest BCUT2D eigenvalue weighted by Gasteiger charge is -2.33. The number of carbonyl (C=O) groups excluding carboxylic acids is 6. The summed E-state index contributed by atoms with van der Waals surface area (Å²) in [6.45, 7) is 4.50. The Kier molecular flexibility index (Phi) is 14.1. The van der Waals surface area contributed by atoms with Crippen LogP contribution in [0.1, 0.15) is 125 Å². The van der Waals surface area contributed by atoms with Gasteiger partial charge in [-0.15, -0.1) is 22.7 Å². The van der Waals surface area contributed by atoms with Crippen molar-refractivity contribution >= 4 is 70.5 Å². The summed E-state index contributed by atoms with van der Waals surface area (Å²) in [4.78, 5) is 84.2. The van der Waals surface area contributed by atoms with Crippen LogP contribution in [0.15, 0.2) is 71.8 Å². The maximum absolute atomic E-state index is 13.0. The number of rotatable bonds is 18. The molecule has 2 aromatic heterocycles. The van der Waals surface area contributed by atoms with Crippen LogP contribution < -0.4 is 0 Å². The zero-order valence-electron chi connectivity index (χ0n) is 37.4. The molecule has 0 saturated carbocycles. The maximum atomic E-state index is 13.0. The van der Waals surface area contributed by atoms with Crippen molar-refractivity contribution in [3.05, 3.63) is 92.7 Å². The Bertz CT molecular complexity index is 2290. The van der Waals surface area contributed by atoms with Crippen LogP contribution in [-0.4, -0.2) is 83.5 Å². The highest BCUT2D eigenvalue weighted by Crippen LogP contribution is 2.56. The largest absolute Gasteiger partial charge is 0.333 e. The van der Waals surface area contributed by atoms with E-state index in [1.165, 1.54) is 137 Å². The normalized spacial score (nSPS) is 16.2. The fraction of sp³-hybridized carbons (Fsp3) is 0.412. The van der Waals surface area contributed by atoms with Crippen molar-refractivity contribution in [1.29, 1.82) is 0 Å². The average molecular weight is 887 g/mol. The average Bonchev–Trinajstić information content (AvgIpc) is 4.03. The summed E-state index contributed by atoms with van der Waals surface area (Å²) in [7, 11) is 5.55. The fourth-order valence-corrected chi connectivity index (χ4v) is 11.2. The van der Waals surface area contributed by atoms with E-state index >= 15 is 0 Å². The van der Waals surface area contributed by atoms with Gasteiger partial charge in [-0.25, -0.2) is 9.59 Å². The molecule has 3 aliphatic rings. The van der Waals surface area contributed by atoms with Crippen LogP contribution in [0.3, 0.4) is 0 Å². The summed E-state index contributed by atoms with van der Waals surface area (Å²) in [6, 6.07) is 20.3. The molecule has 10 nitrogen and oxygen atoms in total. The van der Waals surface area contributed by atoms with Gasteiger partial charge in [-0.05, 0) is 94.8 Å². The number of thiophene rings is 2. The number of urea groups is 2. The highest BCUT2D eigenvalue weighted by molar-refractivity contribution is 7.16. The second-order valence-corrected chi connectivity index (χ2v) is 19.4. The summed E-state index contributed by atoms with van der Waals surface area (Å²) in [5, 5.41) is 0. The van der Waals surface area contributed by atoms with Crippen LogP contribution in [0.4, 0.5) is 9.59 Å². The number of imide groups is 4. The Morgan fingerprint density at radius 2 is 0.810 bits per heavy atom. The Morgan fingerprint density at radius 3 is 1.17 bits per heavy atom. The Hall–Kier alpha value is -5.46. The van der Waals surface area contributed by atoms with Gasteiger partial charge in [0.15, 0.2) is 0 Å². The van der Waals surface area contributed by atoms with Crippen LogP contribution >= 0.6 is 22.7 Å². The molecule has 2 saturated heterocycles. The molecule has 0 radical (unpaired) electrons. The minimum absolute atomic E-state index is 0.0349. The van der Waals surface area contributed by atoms with E-state index in [1.807, 2.05) is 24.3 Å². The number of amides is 8. The predicted octanol–water partition coefficient (Wildman–Crippen LogP) is 11.8. The van der Waals surface area contributed by atoms with Crippen LogP contribution in [0, 0.1) is 0 Å². The molecule has 330 valence electrons. The topological polar surface area (TPSA) is 115 Å². The molecule has 4 heterocycles. The molecule has 0 atom stereocenters. The van der Waals surface area contributed by atoms with Gasteiger partial charge in [0.25, 0.3) is 23.6 Å². The third kappa shape index (κ3) is 9.02. The summed E-state index contributed by atoms with van der Waals surface area (Å²) in [5.41, 5.74) is 7.06. The van der Waals surface area contributed by atoms with E-state index in [1.54, 1.807) is 12.2 Å². The quantitative estimate of drug-likeness (QED) is 0.0558. The van der Waals surface area contributed by atoms with Crippen molar-refractivity contribution in [2.24, 2.45) is 0 Å². The molecule has 2 fully saturated rings. The monoisotopic (exact) mass is 886 g/mol. The highest BCUT2D eigenvalue weighted by Gasteiger charge is 2.43. The first-order valence-corrected chi connectivity index (χ1v) is 24.1. The van der Waals surface area contributed by atoms with Crippen molar-refractivity contribution in [3.63, 3.8) is 0 Å². The summed E-state index contributed by atoms with van der Waals surface area (Å²) < 4.78 is 0. The lowest BCUT2D eigenvalue weighted by Crippen LogP contribution is -2.52. The molecular weight excluding hydrogens is 829 g/mol. The Morgan fingerprint density at radius 1 is 0.460 bits per heavy atom. The Labute approximate surface area is 379 Å². The van der Waals surface area contributed by atoms with E-state index in [2.05, 4.69) is 50.2 Å². The molecule has 2 aromatic carbocycles. The number of unbranched alkanes of at least 4 members (excludes halogenated alkanes) is 10. The summed E-state index contributed by atoms with van der Waals surface area (Å²) in [5.74, 6) is -2.42. The van der Waals surface area contributed by atoms with Gasteiger partial charge in [-0.1, -0.05) is 115 Å². The third-order valence-electron chi connectivity index (χ3n) is 13.0. The predicted molar refractivity (Wildman–Crippen MR) is 253 cm³/mol. The maximum Gasteiger partial charge on any atom is 0.333 e. The number of barbiturate groups is 2. The third-order valence-corrected chi connectivity index (χ3v) is 15.1. The number of carbonyl (C=O) groups is 6. The zero-order chi connectivity index (χ0) is 45.0. The molecule has 0 bridgehead atoms. The van der Waals surface area contributed by atoms with Crippen LogP contribution in [0.2, 0.25) is 0 Å². The molecule has 8 amide bonds. The van der Waals surface area contributed by atoms with E-state index in [0.717, 1.165) is 75.9 Å². The summed E-state index contributed by atoms with van der Waals surface area (Å²) >= 11 is 3.04.